The third-order valence-electron chi connectivity index (χ3n) is 3.64. The van der Waals surface area contributed by atoms with Crippen LogP contribution in [0.15, 0.2) is 4.47 Å². The molecule has 1 saturated carbocycles. The first-order valence-electron chi connectivity index (χ1n) is 7.64. The predicted molar refractivity (Wildman–Crippen MR) is 85.1 cm³/mol. The van der Waals surface area contributed by atoms with Gasteiger partial charge in [-0.2, -0.15) is 0 Å². The zero-order chi connectivity index (χ0) is 14.4. The molecule has 1 aromatic rings. The van der Waals surface area contributed by atoms with E-state index in [1.54, 1.807) is 0 Å². The van der Waals surface area contributed by atoms with Gasteiger partial charge in [0.05, 0.1) is 10.2 Å². The SMILES string of the molecule is CCCNc1nc(COCC)nc(C2CCCC2)c1Br. The van der Waals surface area contributed by atoms with Crippen molar-refractivity contribution in [1.29, 1.82) is 0 Å². The lowest BCUT2D eigenvalue weighted by Gasteiger charge is -2.16. The quantitative estimate of drug-likeness (QED) is 0.804. The molecule has 1 aliphatic carbocycles. The molecule has 1 heterocycles. The lowest BCUT2D eigenvalue weighted by Crippen LogP contribution is -2.11. The van der Waals surface area contributed by atoms with E-state index in [0.29, 0.717) is 19.1 Å². The minimum absolute atomic E-state index is 0.490. The van der Waals surface area contributed by atoms with E-state index in [4.69, 9.17) is 9.72 Å². The first-order chi connectivity index (χ1) is 9.76. The van der Waals surface area contributed by atoms with Crippen LogP contribution < -0.4 is 5.32 Å². The number of hydrogen-bond acceptors (Lipinski definition) is 4. The lowest BCUT2D eigenvalue weighted by atomic mass is 10.0. The Morgan fingerprint density at radius 3 is 2.65 bits per heavy atom. The largest absolute Gasteiger partial charge is 0.374 e. The van der Waals surface area contributed by atoms with Crippen LogP contribution in [0, 0.1) is 0 Å². The summed E-state index contributed by atoms with van der Waals surface area (Å²) in [4.78, 5) is 9.32. The Kier molecular flexibility index (Phi) is 6.23. The van der Waals surface area contributed by atoms with Gasteiger partial charge in [0.1, 0.15) is 12.4 Å². The monoisotopic (exact) mass is 341 g/mol. The van der Waals surface area contributed by atoms with E-state index >= 15 is 0 Å². The highest BCUT2D eigenvalue weighted by atomic mass is 79.9. The van der Waals surface area contributed by atoms with Crippen molar-refractivity contribution >= 4 is 21.7 Å². The minimum Gasteiger partial charge on any atom is -0.374 e. The molecule has 0 aliphatic heterocycles. The maximum absolute atomic E-state index is 5.47. The summed E-state index contributed by atoms with van der Waals surface area (Å²) in [6.07, 6.45) is 6.16. The zero-order valence-corrected chi connectivity index (χ0v) is 14.0. The van der Waals surface area contributed by atoms with Crippen LogP contribution in [-0.4, -0.2) is 23.1 Å². The fourth-order valence-corrected chi connectivity index (χ4v) is 3.24. The smallest absolute Gasteiger partial charge is 0.156 e. The Hall–Kier alpha value is -0.680. The maximum Gasteiger partial charge on any atom is 0.156 e. The van der Waals surface area contributed by atoms with Gasteiger partial charge in [0.15, 0.2) is 5.82 Å². The van der Waals surface area contributed by atoms with Gasteiger partial charge in [-0.05, 0) is 42.1 Å². The molecule has 0 atom stereocenters. The van der Waals surface area contributed by atoms with E-state index in [2.05, 4.69) is 33.2 Å². The fourth-order valence-electron chi connectivity index (χ4n) is 2.60. The van der Waals surface area contributed by atoms with E-state index < -0.39 is 0 Å². The van der Waals surface area contributed by atoms with Crippen molar-refractivity contribution in [2.24, 2.45) is 0 Å². The second-order valence-electron chi connectivity index (χ2n) is 5.23. The van der Waals surface area contributed by atoms with Gasteiger partial charge in [0.25, 0.3) is 0 Å². The van der Waals surface area contributed by atoms with Crippen LogP contribution in [0.5, 0.6) is 0 Å². The summed E-state index contributed by atoms with van der Waals surface area (Å²) < 4.78 is 6.51. The van der Waals surface area contributed by atoms with Crippen molar-refractivity contribution in [3.05, 3.63) is 16.0 Å². The number of halogens is 1. The lowest BCUT2D eigenvalue weighted by molar-refractivity contribution is 0.128. The maximum atomic E-state index is 5.47. The van der Waals surface area contributed by atoms with Gasteiger partial charge in [-0.3, -0.25) is 0 Å². The Bertz CT molecular complexity index is 433. The molecule has 1 fully saturated rings. The van der Waals surface area contributed by atoms with E-state index in [1.807, 2.05) is 6.92 Å². The van der Waals surface area contributed by atoms with E-state index in [1.165, 1.54) is 25.7 Å². The summed E-state index contributed by atoms with van der Waals surface area (Å²) in [5.41, 5.74) is 1.16. The molecule has 0 radical (unpaired) electrons. The molecule has 2 rings (SSSR count). The summed E-state index contributed by atoms with van der Waals surface area (Å²) in [5.74, 6) is 2.27. The second kappa shape index (κ2) is 7.93. The Balaban J connectivity index is 2.26. The Morgan fingerprint density at radius 1 is 1.25 bits per heavy atom. The van der Waals surface area contributed by atoms with Gasteiger partial charge in [-0.1, -0.05) is 19.8 Å². The highest BCUT2D eigenvalue weighted by Crippen LogP contribution is 2.38. The molecule has 0 amide bonds. The molecule has 5 heteroatoms. The molecule has 4 nitrogen and oxygen atoms in total. The average molecular weight is 342 g/mol. The number of hydrogen-bond donors (Lipinski definition) is 1. The van der Waals surface area contributed by atoms with Gasteiger partial charge in [0, 0.05) is 19.1 Å². The highest BCUT2D eigenvalue weighted by molar-refractivity contribution is 9.10. The predicted octanol–water partition coefficient (Wildman–Crippen LogP) is 4.26. The number of anilines is 1. The highest BCUT2D eigenvalue weighted by Gasteiger charge is 2.23. The summed E-state index contributed by atoms with van der Waals surface area (Å²) in [7, 11) is 0. The summed E-state index contributed by atoms with van der Waals surface area (Å²) in [6.45, 7) is 6.25. The first-order valence-corrected chi connectivity index (χ1v) is 8.43. The van der Waals surface area contributed by atoms with Gasteiger partial charge >= 0.3 is 0 Å². The molecule has 0 bridgehead atoms. The fraction of sp³-hybridized carbons (Fsp3) is 0.733. The standard InChI is InChI=1S/C15H24BrN3O/c1-3-9-17-15-13(16)14(11-7-5-6-8-11)18-12(19-15)10-20-4-2/h11H,3-10H2,1-2H3,(H,17,18,19). The summed E-state index contributed by atoms with van der Waals surface area (Å²) in [5, 5.41) is 3.39. The van der Waals surface area contributed by atoms with Crippen LogP contribution in [0.1, 0.15) is 63.4 Å². The summed E-state index contributed by atoms with van der Waals surface area (Å²) >= 11 is 3.70. The van der Waals surface area contributed by atoms with Gasteiger partial charge in [-0.25, -0.2) is 9.97 Å². The zero-order valence-electron chi connectivity index (χ0n) is 12.4. The van der Waals surface area contributed by atoms with Crippen LogP contribution in [-0.2, 0) is 11.3 Å². The van der Waals surface area contributed by atoms with Crippen LogP contribution in [0.25, 0.3) is 0 Å². The van der Waals surface area contributed by atoms with E-state index in [9.17, 15) is 0 Å². The van der Waals surface area contributed by atoms with Crippen molar-refractivity contribution in [2.45, 2.75) is 58.5 Å². The van der Waals surface area contributed by atoms with Crippen molar-refractivity contribution in [2.75, 3.05) is 18.5 Å². The van der Waals surface area contributed by atoms with Crippen molar-refractivity contribution < 1.29 is 4.74 Å². The van der Waals surface area contributed by atoms with Crippen LogP contribution in [0.3, 0.4) is 0 Å². The van der Waals surface area contributed by atoms with Gasteiger partial charge in [0.2, 0.25) is 0 Å². The first kappa shape index (κ1) is 15.7. The second-order valence-corrected chi connectivity index (χ2v) is 6.03. The van der Waals surface area contributed by atoms with Crippen LogP contribution in [0.2, 0.25) is 0 Å². The molecule has 0 aromatic carbocycles. The van der Waals surface area contributed by atoms with Crippen molar-refractivity contribution in [3.63, 3.8) is 0 Å². The number of nitrogens with one attached hydrogen (secondary N) is 1. The third-order valence-corrected chi connectivity index (χ3v) is 4.42. The average Bonchev–Trinajstić information content (AvgIpc) is 2.98. The molecule has 0 unspecified atom stereocenters. The number of nitrogens with zero attached hydrogens (tertiary/aromatic N) is 2. The topological polar surface area (TPSA) is 47.0 Å². The normalized spacial score (nSPS) is 15.8. The van der Waals surface area contributed by atoms with Gasteiger partial charge in [-0.15, -0.1) is 0 Å². The van der Waals surface area contributed by atoms with E-state index in [0.717, 1.165) is 34.8 Å². The van der Waals surface area contributed by atoms with Crippen LogP contribution >= 0.6 is 15.9 Å². The molecule has 1 N–H and O–H groups in total. The minimum atomic E-state index is 0.490. The molecule has 112 valence electrons. The number of rotatable bonds is 7. The molecular formula is C15H24BrN3O. The Labute approximate surface area is 129 Å². The molecular weight excluding hydrogens is 318 g/mol. The summed E-state index contributed by atoms with van der Waals surface area (Å²) in [6, 6.07) is 0. The molecule has 0 spiro atoms. The number of aromatic nitrogens is 2. The molecule has 1 aliphatic rings. The molecule has 20 heavy (non-hydrogen) atoms. The number of ether oxygens (including phenoxy) is 1. The van der Waals surface area contributed by atoms with Crippen LogP contribution in [0.4, 0.5) is 5.82 Å². The van der Waals surface area contributed by atoms with Crippen molar-refractivity contribution in [3.8, 4) is 0 Å². The Morgan fingerprint density at radius 2 is 2.00 bits per heavy atom. The van der Waals surface area contributed by atoms with Gasteiger partial charge < -0.3 is 10.1 Å². The molecule has 0 saturated heterocycles. The molecule has 1 aromatic heterocycles. The third kappa shape index (κ3) is 3.92. The van der Waals surface area contributed by atoms with Crippen molar-refractivity contribution in [1.82, 2.24) is 9.97 Å². The van der Waals surface area contributed by atoms with E-state index in [-0.39, 0.29) is 0 Å².